The average Bonchev–Trinajstić information content (AvgIpc) is 1.84. The van der Waals surface area contributed by atoms with Gasteiger partial charge in [-0.2, -0.15) is 0 Å². The standard InChI is InChI=1S/C6H14O2/c1-3-5(7)6(8)4-2/h5-8H,3-4H2,1-2H3. The Kier molecular flexibility index (Phi) is 3.83. The first-order valence-electron chi connectivity index (χ1n) is 3.08. The average molecular weight is 118 g/mol. The summed E-state index contributed by atoms with van der Waals surface area (Å²) < 4.78 is 0. The molecule has 0 aromatic rings. The van der Waals surface area contributed by atoms with Crippen LogP contribution in [0.15, 0.2) is 0 Å². The van der Waals surface area contributed by atoms with Crippen molar-refractivity contribution in [3.63, 3.8) is 0 Å². The molecule has 0 bridgehead atoms. The highest BCUT2D eigenvalue weighted by molar-refractivity contribution is 4.61. The van der Waals surface area contributed by atoms with Gasteiger partial charge in [-0.25, -0.2) is 0 Å². The zero-order valence-electron chi connectivity index (χ0n) is 5.46. The van der Waals surface area contributed by atoms with Crippen LogP contribution in [0.5, 0.6) is 0 Å². The highest BCUT2D eigenvalue weighted by atomic mass is 16.3. The van der Waals surface area contributed by atoms with E-state index in [4.69, 9.17) is 10.2 Å². The van der Waals surface area contributed by atoms with Crippen LogP contribution in [0.25, 0.3) is 0 Å². The largest absolute Gasteiger partial charge is 0.390 e. The number of aliphatic hydroxyl groups excluding tert-OH is 2. The monoisotopic (exact) mass is 118 g/mol. The highest BCUT2D eigenvalue weighted by Crippen LogP contribution is 2.00. The lowest BCUT2D eigenvalue weighted by molar-refractivity contribution is 0.0157. The second kappa shape index (κ2) is 3.87. The molecule has 2 nitrogen and oxygen atoms in total. The van der Waals surface area contributed by atoms with Crippen LogP contribution >= 0.6 is 0 Å². The topological polar surface area (TPSA) is 40.5 Å². The summed E-state index contributed by atoms with van der Waals surface area (Å²) in [6.07, 6.45) is 0.212. The van der Waals surface area contributed by atoms with Crippen molar-refractivity contribution >= 4 is 0 Å². The van der Waals surface area contributed by atoms with Gasteiger partial charge < -0.3 is 10.2 Å². The van der Waals surface area contributed by atoms with Crippen LogP contribution in [0.3, 0.4) is 0 Å². The third kappa shape index (κ3) is 2.28. The van der Waals surface area contributed by atoms with Gasteiger partial charge in [-0.3, -0.25) is 0 Å². The van der Waals surface area contributed by atoms with Gasteiger partial charge in [0.1, 0.15) is 0 Å². The molecule has 0 aliphatic heterocycles. The fraction of sp³-hybridized carbons (Fsp3) is 1.00. The van der Waals surface area contributed by atoms with E-state index in [9.17, 15) is 0 Å². The molecule has 0 saturated heterocycles. The van der Waals surface area contributed by atoms with E-state index in [1.165, 1.54) is 0 Å². The summed E-state index contributed by atoms with van der Waals surface area (Å²) in [5.74, 6) is 0. The lowest BCUT2D eigenvalue weighted by atomic mass is 10.1. The fourth-order valence-corrected chi connectivity index (χ4v) is 0.544. The Morgan fingerprint density at radius 1 is 1.00 bits per heavy atom. The minimum atomic E-state index is -0.528. The van der Waals surface area contributed by atoms with Crippen LogP contribution in [-0.4, -0.2) is 22.4 Å². The number of hydrogen-bond donors (Lipinski definition) is 2. The molecule has 2 N–H and O–H groups in total. The van der Waals surface area contributed by atoms with Gasteiger partial charge in [0.05, 0.1) is 12.2 Å². The number of rotatable bonds is 3. The first-order chi connectivity index (χ1) is 3.72. The molecule has 0 fully saturated rings. The first kappa shape index (κ1) is 7.92. The SMILES string of the molecule is CCC(O)C(O)CC. The van der Waals surface area contributed by atoms with E-state index in [0.717, 1.165) is 0 Å². The van der Waals surface area contributed by atoms with Crippen LogP contribution in [-0.2, 0) is 0 Å². The Morgan fingerprint density at radius 3 is 1.38 bits per heavy atom. The number of aliphatic hydroxyl groups is 2. The first-order valence-corrected chi connectivity index (χ1v) is 3.08. The summed E-state index contributed by atoms with van der Waals surface area (Å²) in [6.45, 7) is 3.70. The predicted octanol–water partition coefficient (Wildman–Crippen LogP) is 0.528. The van der Waals surface area contributed by atoms with Gasteiger partial charge in [-0.15, -0.1) is 0 Å². The molecule has 0 aliphatic carbocycles. The molecule has 0 spiro atoms. The van der Waals surface area contributed by atoms with Gasteiger partial charge in [0.15, 0.2) is 0 Å². The van der Waals surface area contributed by atoms with Crippen LogP contribution in [0.1, 0.15) is 26.7 Å². The third-order valence-electron chi connectivity index (χ3n) is 1.28. The Labute approximate surface area is 50.2 Å². The molecule has 0 aromatic heterocycles. The minimum absolute atomic E-state index is 0.528. The third-order valence-corrected chi connectivity index (χ3v) is 1.28. The summed E-state index contributed by atoms with van der Waals surface area (Å²) in [7, 11) is 0. The molecule has 0 rings (SSSR count). The second-order valence-electron chi connectivity index (χ2n) is 1.95. The van der Waals surface area contributed by atoms with Gasteiger partial charge >= 0.3 is 0 Å². The Balaban J connectivity index is 3.29. The number of hydrogen-bond acceptors (Lipinski definition) is 2. The molecular weight excluding hydrogens is 104 g/mol. The van der Waals surface area contributed by atoms with Crippen molar-refractivity contribution in [2.75, 3.05) is 0 Å². The van der Waals surface area contributed by atoms with Gasteiger partial charge in [0.25, 0.3) is 0 Å². The van der Waals surface area contributed by atoms with Crippen molar-refractivity contribution in [1.29, 1.82) is 0 Å². The van der Waals surface area contributed by atoms with E-state index in [1.807, 2.05) is 13.8 Å². The lowest BCUT2D eigenvalue weighted by Crippen LogP contribution is -2.23. The van der Waals surface area contributed by atoms with Gasteiger partial charge in [0, 0.05) is 0 Å². The summed E-state index contributed by atoms with van der Waals surface area (Å²) in [5.41, 5.74) is 0. The molecule has 2 heteroatoms. The molecule has 2 unspecified atom stereocenters. The summed E-state index contributed by atoms with van der Waals surface area (Å²) in [5, 5.41) is 17.8. The second-order valence-corrected chi connectivity index (χ2v) is 1.95. The molecule has 0 radical (unpaired) electrons. The van der Waals surface area contributed by atoms with E-state index >= 15 is 0 Å². The molecule has 2 atom stereocenters. The fourth-order valence-electron chi connectivity index (χ4n) is 0.544. The Bertz CT molecular complexity index is 46.5. The van der Waals surface area contributed by atoms with Gasteiger partial charge in [-0.05, 0) is 12.8 Å². The summed E-state index contributed by atoms with van der Waals surface area (Å²) >= 11 is 0. The van der Waals surface area contributed by atoms with Crippen molar-refractivity contribution in [2.45, 2.75) is 38.9 Å². The Morgan fingerprint density at radius 2 is 1.25 bits per heavy atom. The Hall–Kier alpha value is -0.0800. The zero-order chi connectivity index (χ0) is 6.57. The molecule has 0 heterocycles. The highest BCUT2D eigenvalue weighted by Gasteiger charge is 2.09. The van der Waals surface area contributed by atoms with E-state index in [1.54, 1.807) is 0 Å². The van der Waals surface area contributed by atoms with E-state index in [0.29, 0.717) is 12.8 Å². The van der Waals surface area contributed by atoms with Crippen molar-refractivity contribution in [2.24, 2.45) is 0 Å². The molecule has 0 aliphatic rings. The molecule has 8 heavy (non-hydrogen) atoms. The maximum absolute atomic E-state index is 8.88. The van der Waals surface area contributed by atoms with Crippen molar-refractivity contribution in [3.05, 3.63) is 0 Å². The van der Waals surface area contributed by atoms with Crippen molar-refractivity contribution in [3.8, 4) is 0 Å². The normalized spacial score (nSPS) is 18.0. The maximum atomic E-state index is 8.88. The van der Waals surface area contributed by atoms with Gasteiger partial charge in [0.2, 0.25) is 0 Å². The van der Waals surface area contributed by atoms with E-state index in [-0.39, 0.29) is 0 Å². The predicted molar refractivity (Wildman–Crippen MR) is 32.6 cm³/mol. The van der Waals surface area contributed by atoms with Gasteiger partial charge in [-0.1, -0.05) is 13.8 Å². The van der Waals surface area contributed by atoms with Crippen LogP contribution in [0.4, 0.5) is 0 Å². The van der Waals surface area contributed by atoms with Crippen LogP contribution < -0.4 is 0 Å². The lowest BCUT2D eigenvalue weighted by Gasteiger charge is -2.12. The van der Waals surface area contributed by atoms with E-state index in [2.05, 4.69) is 0 Å². The zero-order valence-corrected chi connectivity index (χ0v) is 5.46. The quantitative estimate of drug-likeness (QED) is 0.567. The van der Waals surface area contributed by atoms with Crippen LogP contribution in [0.2, 0.25) is 0 Å². The molecule has 0 aromatic carbocycles. The maximum Gasteiger partial charge on any atom is 0.0796 e. The minimum Gasteiger partial charge on any atom is -0.390 e. The molecule has 50 valence electrons. The van der Waals surface area contributed by atoms with Crippen LogP contribution in [0, 0.1) is 0 Å². The molecular formula is C6H14O2. The summed E-state index contributed by atoms with van der Waals surface area (Å²) in [6, 6.07) is 0. The molecule has 0 saturated carbocycles. The van der Waals surface area contributed by atoms with E-state index < -0.39 is 12.2 Å². The molecule has 0 amide bonds. The van der Waals surface area contributed by atoms with Crippen molar-refractivity contribution < 1.29 is 10.2 Å². The smallest absolute Gasteiger partial charge is 0.0796 e. The summed E-state index contributed by atoms with van der Waals surface area (Å²) in [4.78, 5) is 0. The van der Waals surface area contributed by atoms with Crippen molar-refractivity contribution in [1.82, 2.24) is 0 Å².